The highest BCUT2D eigenvalue weighted by molar-refractivity contribution is 4.85. The minimum Gasteiger partial charge on any atom is -0.388 e. The van der Waals surface area contributed by atoms with Crippen LogP contribution in [-0.2, 0) is 4.74 Å². The monoisotopic (exact) mass is 283 g/mol. The molecule has 1 aliphatic carbocycles. The van der Waals surface area contributed by atoms with E-state index in [9.17, 15) is 5.11 Å². The number of aliphatic hydroxyl groups is 1. The zero-order valence-electron chi connectivity index (χ0n) is 13.6. The second kappa shape index (κ2) is 6.76. The van der Waals surface area contributed by atoms with E-state index in [0.717, 1.165) is 37.8 Å². The highest BCUT2D eigenvalue weighted by Gasteiger charge is 2.31. The molecular weight excluding hydrogens is 250 g/mol. The predicted molar refractivity (Wildman–Crippen MR) is 82.8 cm³/mol. The summed E-state index contributed by atoms with van der Waals surface area (Å²) in [7, 11) is 0. The lowest BCUT2D eigenvalue weighted by Gasteiger charge is -2.37. The number of nitrogens with one attached hydrogen (secondary N) is 1. The molecule has 2 N–H and O–H groups in total. The lowest BCUT2D eigenvalue weighted by molar-refractivity contribution is -0.0620. The molecule has 2 fully saturated rings. The molecule has 0 aromatic heterocycles. The van der Waals surface area contributed by atoms with Crippen LogP contribution in [0.5, 0.6) is 0 Å². The summed E-state index contributed by atoms with van der Waals surface area (Å²) in [5.74, 6) is 1.69. The molecule has 0 aromatic rings. The van der Waals surface area contributed by atoms with Crippen molar-refractivity contribution >= 4 is 0 Å². The number of rotatable bonds is 4. The maximum Gasteiger partial charge on any atom is 0.0815 e. The van der Waals surface area contributed by atoms with Crippen LogP contribution in [0.2, 0.25) is 0 Å². The Labute approximate surface area is 124 Å². The summed E-state index contributed by atoms with van der Waals surface area (Å²) >= 11 is 0. The molecular formula is C17H33NO2. The van der Waals surface area contributed by atoms with Crippen LogP contribution in [0.4, 0.5) is 0 Å². The van der Waals surface area contributed by atoms with Gasteiger partial charge in [0.05, 0.1) is 5.60 Å². The van der Waals surface area contributed by atoms with E-state index in [1.807, 2.05) is 0 Å². The fourth-order valence-electron chi connectivity index (χ4n) is 3.67. The average Bonchev–Trinajstić information content (AvgIpc) is 2.39. The Morgan fingerprint density at radius 1 is 1.10 bits per heavy atom. The summed E-state index contributed by atoms with van der Waals surface area (Å²) in [6, 6.07) is 0. The van der Waals surface area contributed by atoms with E-state index in [1.165, 1.54) is 25.7 Å². The van der Waals surface area contributed by atoms with E-state index in [-0.39, 0.29) is 0 Å². The van der Waals surface area contributed by atoms with Crippen LogP contribution in [0, 0.1) is 17.3 Å². The van der Waals surface area contributed by atoms with Crippen molar-refractivity contribution in [3.05, 3.63) is 0 Å². The fourth-order valence-corrected chi connectivity index (χ4v) is 3.67. The molecule has 1 heterocycles. The lowest BCUT2D eigenvalue weighted by atomic mass is 9.70. The van der Waals surface area contributed by atoms with Gasteiger partial charge in [0.15, 0.2) is 0 Å². The van der Waals surface area contributed by atoms with Gasteiger partial charge in [-0.2, -0.15) is 0 Å². The summed E-state index contributed by atoms with van der Waals surface area (Å²) in [5, 5.41) is 13.9. The zero-order chi connectivity index (χ0) is 14.6. The van der Waals surface area contributed by atoms with Crippen molar-refractivity contribution in [2.75, 3.05) is 26.3 Å². The second-order valence-corrected chi connectivity index (χ2v) is 8.05. The molecule has 1 aliphatic heterocycles. The maximum absolute atomic E-state index is 10.4. The molecule has 118 valence electrons. The molecule has 3 nitrogen and oxygen atoms in total. The van der Waals surface area contributed by atoms with Gasteiger partial charge >= 0.3 is 0 Å². The first kappa shape index (κ1) is 16.3. The molecule has 0 radical (unpaired) electrons. The van der Waals surface area contributed by atoms with Gasteiger partial charge in [0, 0.05) is 32.6 Å². The van der Waals surface area contributed by atoms with Gasteiger partial charge in [0.1, 0.15) is 0 Å². The Kier molecular flexibility index (Phi) is 5.49. The standard InChI is InChI=1S/C17H33NO2/c1-16(2,3)15-6-4-14(5-7-15)12-18-13-17(19)8-10-20-11-9-17/h14-15,18-19H,4-13H2,1-3H3. The molecule has 20 heavy (non-hydrogen) atoms. The largest absolute Gasteiger partial charge is 0.388 e. The van der Waals surface area contributed by atoms with Crippen LogP contribution in [0.15, 0.2) is 0 Å². The minimum atomic E-state index is -0.527. The van der Waals surface area contributed by atoms with Crippen LogP contribution < -0.4 is 5.32 Å². The highest BCUT2D eigenvalue weighted by atomic mass is 16.5. The summed E-state index contributed by atoms with van der Waals surface area (Å²) in [5.41, 5.74) is -0.0590. The molecule has 2 aliphatic rings. The summed E-state index contributed by atoms with van der Waals surface area (Å²) in [6.07, 6.45) is 6.97. The Bertz CT molecular complexity index is 284. The fraction of sp³-hybridized carbons (Fsp3) is 1.00. The number of hydrogen-bond acceptors (Lipinski definition) is 3. The van der Waals surface area contributed by atoms with Crippen LogP contribution in [0.1, 0.15) is 59.3 Å². The number of hydrogen-bond donors (Lipinski definition) is 2. The van der Waals surface area contributed by atoms with Crippen molar-refractivity contribution in [1.82, 2.24) is 5.32 Å². The van der Waals surface area contributed by atoms with Crippen molar-refractivity contribution in [2.45, 2.75) is 64.9 Å². The van der Waals surface area contributed by atoms with Crippen molar-refractivity contribution < 1.29 is 9.84 Å². The third kappa shape index (κ3) is 4.71. The Hall–Kier alpha value is -0.120. The maximum atomic E-state index is 10.4. The van der Waals surface area contributed by atoms with Gasteiger partial charge in [-0.25, -0.2) is 0 Å². The third-order valence-corrected chi connectivity index (χ3v) is 5.38. The molecule has 3 heteroatoms. The van der Waals surface area contributed by atoms with Gasteiger partial charge < -0.3 is 15.2 Å². The van der Waals surface area contributed by atoms with E-state index in [4.69, 9.17) is 4.74 Å². The molecule has 0 atom stereocenters. The van der Waals surface area contributed by atoms with Gasteiger partial charge in [0.25, 0.3) is 0 Å². The zero-order valence-corrected chi connectivity index (χ0v) is 13.6. The Balaban J connectivity index is 1.64. The molecule has 1 saturated heterocycles. The molecule has 0 amide bonds. The first-order valence-electron chi connectivity index (χ1n) is 8.40. The van der Waals surface area contributed by atoms with E-state index in [2.05, 4.69) is 26.1 Å². The number of ether oxygens (including phenoxy) is 1. The smallest absolute Gasteiger partial charge is 0.0815 e. The van der Waals surface area contributed by atoms with E-state index >= 15 is 0 Å². The molecule has 0 aromatic carbocycles. The van der Waals surface area contributed by atoms with Crippen LogP contribution in [-0.4, -0.2) is 37.0 Å². The van der Waals surface area contributed by atoms with E-state index in [1.54, 1.807) is 0 Å². The van der Waals surface area contributed by atoms with Crippen LogP contribution in [0.3, 0.4) is 0 Å². The van der Waals surface area contributed by atoms with Crippen molar-refractivity contribution in [1.29, 1.82) is 0 Å². The normalized spacial score (nSPS) is 31.2. The van der Waals surface area contributed by atoms with E-state index < -0.39 is 5.60 Å². The first-order valence-corrected chi connectivity index (χ1v) is 8.40. The first-order chi connectivity index (χ1) is 9.39. The summed E-state index contributed by atoms with van der Waals surface area (Å²) < 4.78 is 5.32. The molecule has 2 rings (SSSR count). The van der Waals surface area contributed by atoms with Crippen LogP contribution >= 0.6 is 0 Å². The average molecular weight is 283 g/mol. The predicted octanol–water partition coefficient (Wildman–Crippen LogP) is 2.97. The van der Waals surface area contributed by atoms with Crippen molar-refractivity contribution in [3.63, 3.8) is 0 Å². The highest BCUT2D eigenvalue weighted by Crippen LogP contribution is 2.39. The van der Waals surface area contributed by atoms with Gasteiger partial charge in [0.2, 0.25) is 0 Å². The second-order valence-electron chi connectivity index (χ2n) is 8.05. The molecule has 1 saturated carbocycles. The minimum absolute atomic E-state index is 0.468. The molecule has 0 unspecified atom stereocenters. The van der Waals surface area contributed by atoms with Gasteiger partial charge in [-0.3, -0.25) is 0 Å². The van der Waals surface area contributed by atoms with Gasteiger partial charge in [-0.05, 0) is 49.5 Å². The van der Waals surface area contributed by atoms with Crippen LogP contribution in [0.25, 0.3) is 0 Å². The van der Waals surface area contributed by atoms with Crippen molar-refractivity contribution in [3.8, 4) is 0 Å². The van der Waals surface area contributed by atoms with Crippen molar-refractivity contribution in [2.24, 2.45) is 17.3 Å². The Morgan fingerprint density at radius 3 is 2.25 bits per heavy atom. The summed E-state index contributed by atoms with van der Waals surface area (Å²) in [6.45, 7) is 10.3. The Morgan fingerprint density at radius 2 is 1.70 bits per heavy atom. The third-order valence-electron chi connectivity index (χ3n) is 5.38. The van der Waals surface area contributed by atoms with Gasteiger partial charge in [-0.1, -0.05) is 20.8 Å². The topological polar surface area (TPSA) is 41.5 Å². The van der Waals surface area contributed by atoms with E-state index in [0.29, 0.717) is 18.6 Å². The lowest BCUT2D eigenvalue weighted by Crippen LogP contribution is -2.46. The molecule has 0 bridgehead atoms. The quantitative estimate of drug-likeness (QED) is 0.833. The van der Waals surface area contributed by atoms with Gasteiger partial charge in [-0.15, -0.1) is 0 Å². The summed E-state index contributed by atoms with van der Waals surface area (Å²) in [4.78, 5) is 0. The SMILES string of the molecule is CC(C)(C)C1CCC(CNCC2(O)CCOCC2)CC1. The molecule has 0 spiro atoms.